The van der Waals surface area contributed by atoms with Crippen molar-refractivity contribution in [3.8, 4) is 0 Å². The molecule has 0 radical (unpaired) electrons. The Bertz CT molecular complexity index is 972. The van der Waals surface area contributed by atoms with Crippen molar-refractivity contribution in [1.29, 1.82) is 0 Å². The van der Waals surface area contributed by atoms with Crippen LogP contribution in [-0.2, 0) is 11.2 Å². The van der Waals surface area contributed by atoms with Gasteiger partial charge in [0.25, 0.3) is 0 Å². The number of nitrogens with one attached hydrogen (secondary N) is 1. The molecular weight excluding hydrogens is 352 g/mol. The Hall–Kier alpha value is -3.41. The average molecular weight is 374 g/mol. The molecule has 2 heterocycles. The predicted molar refractivity (Wildman–Crippen MR) is 109 cm³/mol. The molecule has 1 aliphatic rings. The van der Waals surface area contributed by atoms with Gasteiger partial charge in [0.05, 0.1) is 12.2 Å². The van der Waals surface area contributed by atoms with E-state index < -0.39 is 0 Å². The third-order valence-electron chi connectivity index (χ3n) is 4.71. The first-order chi connectivity index (χ1) is 13.7. The molecule has 0 saturated heterocycles. The minimum Gasteiger partial charge on any atom is -0.462 e. The lowest BCUT2D eigenvalue weighted by Gasteiger charge is -2.30. The van der Waals surface area contributed by atoms with Gasteiger partial charge >= 0.3 is 5.97 Å². The SMILES string of the molecule is CCOC(=O)c1ccc(Nc2cc(N3CCCc4ccccc43)ncn2)cc1. The molecule has 0 spiro atoms. The van der Waals surface area contributed by atoms with Crippen molar-refractivity contribution in [2.45, 2.75) is 19.8 Å². The van der Waals surface area contributed by atoms with Crippen LogP contribution < -0.4 is 10.2 Å². The van der Waals surface area contributed by atoms with Crippen LogP contribution in [0.5, 0.6) is 0 Å². The molecule has 0 saturated carbocycles. The second-order valence-electron chi connectivity index (χ2n) is 6.57. The molecule has 1 N–H and O–H groups in total. The Kier molecular flexibility index (Phi) is 5.19. The van der Waals surface area contributed by atoms with Crippen LogP contribution in [0.2, 0.25) is 0 Å². The summed E-state index contributed by atoms with van der Waals surface area (Å²) >= 11 is 0. The van der Waals surface area contributed by atoms with Gasteiger partial charge in [-0.3, -0.25) is 0 Å². The zero-order valence-corrected chi connectivity index (χ0v) is 15.8. The van der Waals surface area contributed by atoms with Gasteiger partial charge in [0.2, 0.25) is 0 Å². The molecule has 0 aliphatic carbocycles. The molecule has 0 bridgehead atoms. The maximum Gasteiger partial charge on any atom is 0.338 e. The van der Waals surface area contributed by atoms with Crippen molar-refractivity contribution in [3.63, 3.8) is 0 Å². The van der Waals surface area contributed by atoms with Gasteiger partial charge in [-0.1, -0.05) is 18.2 Å². The first kappa shape index (κ1) is 18.0. The van der Waals surface area contributed by atoms with E-state index in [1.165, 1.54) is 11.3 Å². The lowest BCUT2D eigenvalue weighted by atomic mass is 10.0. The van der Waals surface area contributed by atoms with E-state index in [9.17, 15) is 4.79 Å². The van der Waals surface area contributed by atoms with Gasteiger partial charge in [-0.25, -0.2) is 14.8 Å². The van der Waals surface area contributed by atoms with Gasteiger partial charge in [0.1, 0.15) is 18.0 Å². The fourth-order valence-corrected chi connectivity index (χ4v) is 3.39. The topological polar surface area (TPSA) is 67.3 Å². The monoisotopic (exact) mass is 374 g/mol. The highest BCUT2D eigenvalue weighted by molar-refractivity contribution is 5.89. The fourth-order valence-electron chi connectivity index (χ4n) is 3.39. The summed E-state index contributed by atoms with van der Waals surface area (Å²) < 4.78 is 5.01. The van der Waals surface area contributed by atoms with Crippen molar-refractivity contribution in [2.75, 3.05) is 23.4 Å². The summed E-state index contributed by atoms with van der Waals surface area (Å²) in [6.07, 6.45) is 3.76. The number of nitrogens with zero attached hydrogens (tertiary/aromatic N) is 3. The number of aryl methyl sites for hydroxylation is 1. The molecule has 1 aliphatic heterocycles. The van der Waals surface area contributed by atoms with Gasteiger partial charge in [0.15, 0.2) is 0 Å². The Morgan fingerprint density at radius 2 is 1.96 bits per heavy atom. The summed E-state index contributed by atoms with van der Waals surface area (Å²) in [5, 5.41) is 3.28. The molecule has 1 aromatic heterocycles. The van der Waals surface area contributed by atoms with Gasteiger partial charge in [-0.05, 0) is 55.7 Å². The van der Waals surface area contributed by atoms with Crippen LogP contribution in [0.15, 0.2) is 60.9 Å². The third-order valence-corrected chi connectivity index (χ3v) is 4.71. The molecule has 0 fully saturated rings. The third kappa shape index (κ3) is 3.81. The van der Waals surface area contributed by atoms with Crippen LogP contribution in [-0.4, -0.2) is 29.1 Å². The van der Waals surface area contributed by atoms with Gasteiger partial charge in [-0.15, -0.1) is 0 Å². The van der Waals surface area contributed by atoms with Crippen LogP contribution in [0.1, 0.15) is 29.3 Å². The van der Waals surface area contributed by atoms with Crippen LogP contribution in [0.4, 0.5) is 23.0 Å². The highest BCUT2D eigenvalue weighted by atomic mass is 16.5. The maximum absolute atomic E-state index is 11.8. The van der Waals surface area contributed by atoms with E-state index in [4.69, 9.17) is 4.74 Å². The summed E-state index contributed by atoms with van der Waals surface area (Å²) in [5.74, 6) is 1.26. The summed E-state index contributed by atoms with van der Waals surface area (Å²) in [4.78, 5) is 22.8. The van der Waals surface area contributed by atoms with E-state index in [2.05, 4.69) is 44.5 Å². The molecule has 0 unspecified atom stereocenters. The van der Waals surface area contributed by atoms with Gasteiger partial charge in [0, 0.05) is 24.0 Å². The maximum atomic E-state index is 11.8. The summed E-state index contributed by atoms with van der Waals surface area (Å²) in [7, 11) is 0. The van der Waals surface area contributed by atoms with Crippen LogP contribution in [0.25, 0.3) is 0 Å². The Morgan fingerprint density at radius 1 is 1.14 bits per heavy atom. The lowest BCUT2D eigenvalue weighted by Crippen LogP contribution is -2.25. The Balaban J connectivity index is 1.53. The van der Waals surface area contributed by atoms with Crippen molar-refractivity contribution in [3.05, 3.63) is 72.1 Å². The molecule has 142 valence electrons. The number of hydrogen-bond acceptors (Lipinski definition) is 6. The summed E-state index contributed by atoms with van der Waals surface area (Å²) in [6.45, 7) is 3.09. The number of para-hydroxylation sites is 1. The quantitative estimate of drug-likeness (QED) is 0.664. The van der Waals surface area contributed by atoms with Crippen molar-refractivity contribution < 1.29 is 9.53 Å². The predicted octanol–water partition coefficient (Wildman–Crippen LogP) is 4.48. The van der Waals surface area contributed by atoms with E-state index in [-0.39, 0.29) is 5.97 Å². The zero-order valence-electron chi connectivity index (χ0n) is 15.8. The van der Waals surface area contributed by atoms with Crippen LogP contribution in [0.3, 0.4) is 0 Å². The number of fused-ring (bicyclic) bond motifs is 1. The van der Waals surface area contributed by atoms with E-state index in [0.717, 1.165) is 30.9 Å². The van der Waals surface area contributed by atoms with Crippen molar-refractivity contribution >= 4 is 29.0 Å². The van der Waals surface area contributed by atoms with Crippen LogP contribution >= 0.6 is 0 Å². The number of benzene rings is 2. The number of ether oxygens (including phenoxy) is 1. The number of carbonyl (C=O) groups is 1. The minimum absolute atomic E-state index is 0.317. The molecule has 6 heteroatoms. The second-order valence-corrected chi connectivity index (χ2v) is 6.57. The van der Waals surface area contributed by atoms with E-state index in [0.29, 0.717) is 18.0 Å². The molecule has 0 atom stereocenters. The zero-order chi connectivity index (χ0) is 19.3. The molecule has 3 aromatic rings. The molecule has 2 aromatic carbocycles. The number of rotatable bonds is 5. The van der Waals surface area contributed by atoms with Gasteiger partial charge in [-0.2, -0.15) is 0 Å². The molecule has 6 nitrogen and oxygen atoms in total. The average Bonchev–Trinajstić information content (AvgIpc) is 2.74. The fraction of sp³-hybridized carbons (Fsp3) is 0.227. The minimum atomic E-state index is -0.317. The number of esters is 1. The molecular formula is C22H22N4O2. The smallest absolute Gasteiger partial charge is 0.338 e. The van der Waals surface area contributed by atoms with E-state index in [1.54, 1.807) is 25.4 Å². The highest BCUT2D eigenvalue weighted by Gasteiger charge is 2.19. The highest BCUT2D eigenvalue weighted by Crippen LogP contribution is 2.32. The van der Waals surface area contributed by atoms with E-state index >= 15 is 0 Å². The second kappa shape index (κ2) is 8.08. The first-order valence-corrected chi connectivity index (χ1v) is 9.46. The lowest BCUT2D eigenvalue weighted by molar-refractivity contribution is 0.0526. The number of carbonyl (C=O) groups excluding carboxylic acids is 1. The number of hydrogen-bond donors (Lipinski definition) is 1. The molecule has 0 amide bonds. The standard InChI is InChI=1S/C22H22N4O2/c1-2-28-22(27)17-9-11-18(12-10-17)25-20-14-21(24-15-23-20)26-13-5-7-16-6-3-4-8-19(16)26/h3-4,6,8-12,14-15H,2,5,7,13H2,1H3,(H,23,24,25). The summed E-state index contributed by atoms with van der Waals surface area (Å²) in [6, 6.07) is 17.5. The first-order valence-electron chi connectivity index (χ1n) is 9.46. The normalized spacial score (nSPS) is 13.0. The van der Waals surface area contributed by atoms with Crippen molar-refractivity contribution in [2.24, 2.45) is 0 Å². The van der Waals surface area contributed by atoms with E-state index in [1.807, 2.05) is 18.2 Å². The van der Waals surface area contributed by atoms with Crippen molar-refractivity contribution in [1.82, 2.24) is 9.97 Å². The number of aromatic nitrogens is 2. The Labute approximate surface area is 164 Å². The van der Waals surface area contributed by atoms with Gasteiger partial charge < -0.3 is 15.0 Å². The summed E-state index contributed by atoms with van der Waals surface area (Å²) in [5.41, 5.74) is 3.92. The molecule has 28 heavy (non-hydrogen) atoms. The molecule has 4 rings (SSSR count). The van der Waals surface area contributed by atoms with Crippen LogP contribution in [0, 0.1) is 0 Å². The Morgan fingerprint density at radius 3 is 2.79 bits per heavy atom. The number of anilines is 4. The largest absolute Gasteiger partial charge is 0.462 e.